The van der Waals surface area contributed by atoms with Gasteiger partial charge in [-0.25, -0.2) is 0 Å². The molecule has 7 heteroatoms. The zero-order valence-corrected chi connectivity index (χ0v) is 14.9. The Bertz CT molecular complexity index is 802. The van der Waals surface area contributed by atoms with Gasteiger partial charge in [-0.15, -0.1) is 12.4 Å². The van der Waals surface area contributed by atoms with Gasteiger partial charge in [0.25, 0.3) is 5.89 Å². The molecule has 0 aliphatic carbocycles. The molecule has 1 aromatic heterocycles. The van der Waals surface area contributed by atoms with Crippen LogP contribution in [0.2, 0.25) is 0 Å². The lowest BCUT2D eigenvalue weighted by molar-refractivity contribution is 0.00755. The first kappa shape index (κ1) is 18.4. The normalized spacial score (nSPS) is 16.7. The molecule has 0 spiro atoms. The topological polar surface area (TPSA) is 69.4 Å². The molecule has 26 heavy (non-hydrogen) atoms. The zero-order valence-electron chi connectivity index (χ0n) is 14.1. The van der Waals surface area contributed by atoms with Gasteiger partial charge in [0.05, 0.1) is 6.61 Å². The molecule has 1 atom stereocenters. The SMILES string of the molecule is Cl.c1ccc(COc2ccc(-c3noc([C@H]4CNCCO4)n3)cc2)cc1. The minimum absolute atomic E-state index is 0. The molecule has 1 fully saturated rings. The molecule has 2 aromatic carbocycles. The van der Waals surface area contributed by atoms with Crippen molar-refractivity contribution in [2.75, 3.05) is 19.7 Å². The Hall–Kier alpha value is -2.41. The molecule has 0 saturated carbocycles. The minimum atomic E-state index is -0.177. The number of aromatic nitrogens is 2. The van der Waals surface area contributed by atoms with E-state index in [0.29, 0.717) is 31.5 Å². The van der Waals surface area contributed by atoms with E-state index in [0.717, 1.165) is 23.4 Å². The summed E-state index contributed by atoms with van der Waals surface area (Å²) in [5.41, 5.74) is 2.02. The summed E-state index contributed by atoms with van der Waals surface area (Å²) in [6.45, 7) is 2.73. The lowest BCUT2D eigenvalue weighted by Crippen LogP contribution is -2.33. The highest BCUT2D eigenvalue weighted by Gasteiger charge is 2.22. The molecule has 0 radical (unpaired) electrons. The smallest absolute Gasteiger partial charge is 0.257 e. The third-order valence-corrected chi connectivity index (χ3v) is 4.01. The summed E-state index contributed by atoms with van der Waals surface area (Å²) in [6, 6.07) is 17.7. The van der Waals surface area contributed by atoms with Crippen molar-refractivity contribution >= 4 is 12.4 Å². The van der Waals surface area contributed by atoms with Gasteiger partial charge in [-0.05, 0) is 29.8 Å². The van der Waals surface area contributed by atoms with E-state index in [2.05, 4.69) is 15.5 Å². The van der Waals surface area contributed by atoms with Crippen molar-refractivity contribution in [1.29, 1.82) is 0 Å². The summed E-state index contributed by atoms with van der Waals surface area (Å²) in [6.07, 6.45) is -0.177. The van der Waals surface area contributed by atoms with Crippen LogP contribution in [0.15, 0.2) is 59.1 Å². The number of morpholine rings is 1. The Balaban J connectivity index is 0.00000196. The summed E-state index contributed by atoms with van der Waals surface area (Å²) in [7, 11) is 0. The van der Waals surface area contributed by atoms with Crippen molar-refractivity contribution in [3.05, 3.63) is 66.1 Å². The molecular formula is C19H20ClN3O3. The number of ether oxygens (including phenoxy) is 2. The van der Waals surface area contributed by atoms with E-state index in [-0.39, 0.29) is 18.5 Å². The molecular weight excluding hydrogens is 354 g/mol. The maximum atomic E-state index is 5.79. The molecule has 1 saturated heterocycles. The number of halogens is 1. The maximum Gasteiger partial charge on any atom is 0.257 e. The van der Waals surface area contributed by atoms with Crippen LogP contribution in [0.3, 0.4) is 0 Å². The molecule has 3 aromatic rings. The second-order valence-electron chi connectivity index (χ2n) is 5.82. The molecule has 2 heterocycles. The third kappa shape index (κ3) is 4.40. The molecule has 0 unspecified atom stereocenters. The molecule has 0 bridgehead atoms. The molecule has 6 nitrogen and oxygen atoms in total. The van der Waals surface area contributed by atoms with Crippen LogP contribution in [-0.4, -0.2) is 29.8 Å². The first-order chi connectivity index (χ1) is 12.4. The lowest BCUT2D eigenvalue weighted by atomic mass is 10.2. The van der Waals surface area contributed by atoms with E-state index in [4.69, 9.17) is 14.0 Å². The molecule has 1 aliphatic rings. The molecule has 1 aliphatic heterocycles. The minimum Gasteiger partial charge on any atom is -0.489 e. The summed E-state index contributed by atoms with van der Waals surface area (Å²) in [5, 5.41) is 7.30. The fraction of sp³-hybridized carbons (Fsp3) is 0.263. The number of rotatable bonds is 5. The highest BCUT2D eigenvalue weighted by atomic mass is 35.5. The van der Waals surface area contributed by atoms with E-state index in [1.165, 1.54) is 0 Å². The van der Waals surface area contributed by atoms with Crippen molar-refractivity contribution in [3.63, 3.8) is 0 Å². The molecule has 0 amide bonds. The van der Waals surface area contributed by atoms with E-state index in [1.807, 2.05) is 54.6 Å². The van der Waals surface area contributed by atoms with Crippen LogP contribution in [-0.2, 0) is 11.3 Å². The van der Waals surface area contributed by atoms with Crippen LogP contribution in [0.4, 0.5) is 0 Å². The predicted octanol–water partition coefficient (Wildman–Crippen LogP) is 3.40. The quantitative estimate of drug-likeness (QED) is 0.739. The lowest BCUT2D eigenvalue weighted by Gasteiger charge is -2.19. The highest BCUT2D eigenvalue weighted by molar-refractivity contribution is 5.85. The number of nitrogens with one attached hydrogen (secondary N) is 1. The van der Waals surface area contributed by atoms with Gasteiger partial charge in [-0.3, -0.25) is 0 Å². The monoisotopic (exact) mass is 373 g/mol. The summed E-state index contributed by atoms with van der Waals surface area (Å²) in [5.74, 6) is 1.86. The van der Waals surface area contributed by atoms with Crippen molar-refractivity contribution < 1.29 is 14.0 Å². The number of nitrogens with zero attached hydrogens (tertiary/aromatic N) is 2. The number of hydrogen-bond donors (Lipinski definition) is 1. The van der Waals surface area contributed by atoms with Crippen molar-refractivity contribution in [2.45, 2.75) is 12.7 Å². The highest BCUT2D eigenvalue weighted by Crippen LogP contribution is 2.23. The van der Waals surface area contributed by atoms with Crippen LogP contribution < -0.4 is 10.1 Å². The second-order valence-corrected chi connectivity index (χ2v) is 5.82. The standard InChI is InChI=1S/C19H19N3O3.ClH/c1-2-4-14(5-3-1)13-24-16-8-6-15(7-9-16)18-21-19(25-22-18)17-12-20-10-11-23-17;/h1-9,17,20H,10-13H2;1H/t17-;/m1./s1. The summed E-state index contributed by atoms with van der Waals surface area (Å²) in [4.78, 5) is 4.44. The van der Waals surface area contributed by atoms with Crippen LogP contribution in [0.5, 0.6) is 5.75 Å². The second kappa shape index (κ2) is 8.80. The van der Waals surface area contributed by atoms with Crippen LogP contribution in [0.25, 0.3) is 11.4 Å². The van der Waals surface area contributed by atoms with Crippen molar-refractivity contribution in [3.8, 4) is 17.1 Å². The van der Waals surface area contributed by atoms with Gasteiger partial charge >= 0.3 is 0 Å². The van der Waals surface area contributed by atoms with Crippen LogP contribution in [0.1, 0.15) is 17.6 Å². The zero-order chi connectivity index (χ0) is 16.9. The summed E-state index contributed by atoms with van der Waals surface area (Å²) >= 11 is 0. The number of hydrogen-bond acceptors (Lipinski definition) is 6. The average molecular weight is 374 g/mol. The van der Waals surface area contributed by atoms with Gasteiger partial charge in [-0.2, -0.15) is 4.98 Å². The summed E-state index contributed by atoms with van der Waals surface area (Å²) < 4.78 is 16.8. The Labute approximate surface area is 157 Å². The first-order valence-corrected chi connectivity index (χ1v) is 8.31. The van der Waals surface area contributed by atoms with Gasteiger partial charge in [-0.1, -0.05) is 35.5 Å². The van der Waals surface area contributed by atoms with Gasteiger partial charge in [0.2, 0.25) is 5.82 Å². The largest absolute Gasteiger partial charge is 0.489 e. The van der Waals surface area contributed by atoms with E-state index >= 15 is 0 Å². The maximum absolute atomic E-state index is 5.79. The fourth-order valence-electron chi connectivity index (χ4n) is 2.65. The van der Waals surface area contributed by atoms with Crippen molar-refractivity contribution in [1.82, 2.24) is 15.5 Å². The third-order valence-electron chi connectivity index (χ3n) is 4.01. The molecule has 4 rings (SSSR count). The number of benzene rings is 2. The van der Waals surface area contributed by atoms with Crippen molar-refractivity contribution in [2.24, 2.45) is 0 Å². The Morgan fingerprint density at radius 2 is 1.88 bits per heavy atom. The fourth-order valence-corrected chi connectivity index (χ4v) is 2.65. The van der Waals surface area contributed by atoms with Gasteiger partial charge in [0.1, 0.15) is 18.5 Å². The van der Waals surface area contributed by atoms with E-state index < -0.39 is 0 Å². The van der Waals surface area contributed by atoms with Gasteiger partial charge in [0.15, 0.2) is 0 Å². The van der Waals surface area contributed by atoms with Crippen LogP contribution in [0, 0.1) is 0 Å². The van der Waals surface area contributed by atoms with Gasteiger partial charge in [0, 0.05) is 18.7 Å². The molecule has 1 N–H and O–H groups in total. The van der Waals surface area contributed by atoms with E-state index in [9.17, 15) is 0 Å². The van der Waals surface area contributed by atoms with E-state index in [1.54, 1.807) is 0 Å². The Morgan fingerprint density at radius 3 is 2.62 bits per heavy atom. The Kier molecular flexibility index (Phi) is 6.22. The Morgan fingerprint density at radius 1 is 1.08 bits per heavy atom. The average Bonchev–Trinajstić information content (AvgIpc) is 3.19. The molecule has 136 valence electrons. The first-order valence-electron chi connectivity index (χ1n) is 8.31. The predicted molar refractivity (Wildman–Crippen MR) is 99.3 cm³/mol. The van der Waals surface area contributed by atoms with Gasteiger partial charge < -0.3 is 19.3 Å². The van der Waals surface area contributed by atoms with Crippen LogP contribution >= 0.6 is 12.4 Å².